The molecular weight excluding hydrogens is 196 g/mol. The molecule has 0 saturated heterocycles. The van der Waals surface area contributed by atoms with E-state index in [0.717, 1.165) is 5.56 Å². The van der Waals surface area contributed by atoms with Crippen LogP contribution in [0, 0.1) is 6.92 Å². The third kappa shape index (κ3) is 2.58. The predicted molar refractivity (Wildman–Crippen MR) is 70.2 cm³/mol. The summed E-state index contributed by atoms with van der Waals surface area (Å²) in [7, 11) is 0. The van der Waals surface area contributed by atoms with Crippen LogP contribution in [0.15, 0.2) is 12.1 Å². The predicted octanol–water partition coefficient (Wildman–Crippen LogP) is 4.30. The fourth-order valence-electron chi connectivity index (χ4n) is 2.18. The Balaban J connectivity index is 3.41. The van der Waals surface area contributed by atoms with Gasteiger partial charge in [-0.25, -0.2) is 0 Å². The summed E-state index contributed by atoms with van der Waals surface area (Å²) >= 11 is 0. The number of rotatable bonds is 0. The molecule has 1 N–H and O–H groups in total. The van der Waals surface area contributed by atoms with Gasteiger partial charge < -0.3 is 5.11 Å². The smallest absolute Gasteiger partial charge is 0.119 e. The van der Waals surface area contributed by atoms with Crippen LogP contribution in [-0.2, 0) is 10.8 Å². The molecule has 0 unspecified atom stereocenters. The minimum absolute atomic E-state index is 0.00934. The molecule has 0 heterocycles. The van der Waals surface area contributed by atoms with Crippen LogP contribution in [0.25, 0.3) is 0 Å². The van der Waals surface area contributed by atoms with E-state index < -0.39 is 0 Å². The van der Waals surface area contributed by atoms with Gasteiger partial charge in [-0.3, -0.25) is 0 Å². The summed E-state index contributed by atoms with van der Waals surface area (Å²) in [6.45, 7) is 15.0. The van der Waals surface area contributed by atoms with Crippen LogP contribution in [0.1, 0.15) is 58.2 Å². The molecule has 1 rings (SSSR count). The second-order valence-corrected chi connectivity index (χ2v) is 6.69. The highest BCUT2D eigenvalue weighted by Gasteiger charge is 2.23. The van der Waals surface area contributed by atoms with Crippen molar-refractivity contribution in [3.05, 3.63) is 28.8 Å². The Hall–Kier alpha value is -0.980. The van der Waals surface area contributed by atoms with E-state index in [9.17, 15) is 5.11 Å². The first-order chi connectivity index (χ1) is 7.03. The Labute approximate surface area is 99.5 Å². The molecule has 16 heavy (non-hydrogen) atoms. The van der Waals surface area contributed by atoms with Crippen molar-refractivity contribution in [2.24, 2.45) is 0 Å². The molecular formula is C15H24O. The summed E-state index contributed by atoms with van der Waals surface area (Å²) in [6.07, 6.45) is 0. The van der Waals surface area contributed by atoms with Gasteiger partial charge in [0.2, 0.25) is 0 Å². The van der Waals surface area contributed by atoms with Crippen LogP contribution >= 0.6 is 0 Å². The molecule has 0 aliphatic carbocycles. The van der Waals surface area contributed by atoms with Gasteiger partial charge in [0.25, 0.3) is 0 Å². The van der Waals surface area contributed by atoms with E-state index in [-0.39, 0.29) is 10.8 Å². The molecule has 0 aliphatic rings. The number of benzene rings is 1. The number of hydrogen-bond acceptors (Lipinski definition) is 1. The van der Waals surface area contributed by atoms with Crippen molar-refractivity contribution in [1.29, 1.82) is 0 Å². The highest BCUT2D eigenvalue weighted by Crippen LogP contribution is 2.37. The van der Waals surface area contributed by atoms with Crippen LogP contribution in [-0.4, -0.2) is 5.11 Å². The van der Waals surface area contributed by atoms with Gasteiger partial charge >= 0.3 is 0 Å². The van der Waals surface area contributed by atoms with Gasteiger partial charge in [0.05, 0.1) is 0 Å². The monoisotopic (exact) mass is 220 g/mol. The molecule has 0 aromatic heterocycles. The summed E-state index contributed by atoms with van der Waals surface area (Å²) < 4.78 is 0. The Bertz CT molecular complexity index is 366. The largest absolute Gasteiger partial charge is 0.508 e. The molecule has 0 spiro atoms. The van der Waals surface area contributed by atoms with Gasteiger partial charge in [-0.15, -0.1) is 0 Å². The van der Waals surface area contributed by atoms with E-state index in [1.807, 2.05) is 6.07 Å². The summed E-state index contributed by atoms with van der Waals surface area (Å²) in [5.41, 5.74) is 3.50. The molecule has 90 valence electrons. The lowest BCUT2D eigenvalue weighted by atomic mass is 9.79. The minimum atomic E-state index is -0.00934. The highest BCUT2D eigenvalue weighted by molar-refractivity contribution is 5.47. The fraction of sp³-hybridized carbons (Fsp3) is 0.600. The zero-order chi connectivity index (χ0) is 12.7. The second-order valence-electron chi connectivity index (χ2n) is 6.69. The Morgan fingerprint density at radius 3 is 1.69 bits per heavy atom. The molecule has 0 atom stereocenters. The van der Waals surface area contributed by atoms with Crippen molar-refractivity contribution in [3.63, 3.8) is 0 Å². The minimum Gasteiger partial charge on any atom is -0.508 e. The normalized spacial score (nSPS) is 12.9. The highest BCUT2D eigenvalue weighted by atomic mass is 16.3. The number of phenols is 1. The van der Waals surface area contributed by atoms with Gasteiger partial charge in [0, 0.05) is 5.56 Å². The molecule has 1 aromatic rings. The first-order valence-corrected chi connectivity index (χ1v) is 5.88. The summed E-state index contributed by atoms with van der Waals surface area (Å²) in [6, 6.07) is 4.11. The Kier molecular flexibility index (Phi) is 3.11. The maximum atomic E-state index is 10.2. The molecule has 0 fully saturated rings. The first kappa shape index (κ1) is 13.1. The van der Waals surface area contributed by atoms with Crippen LogP contribution < -0.4 is 0 Å². The van der Waals surface area contributed by atoms with Crippen LogP contribution in [0.3, 0.4) is 0 Å². The summed E-state index contributed by atoms with van der Waals surface area (Å²) in [5.74, 6) is 0.428. The molecule has 1 heteroatoms. The van der Waals surface area contributed by atoms with Crippen molar-refractivity contribution >= 4 is 0 Å². The lowest BCUT2D eigenvalue weighted by molar-refractivity contribution is 0.441. The molecule has 0 aliphatic heterocycles. The van der Waals surface area contributed by atoms with E-state index >= 15 is 0 Å². The van der Waals surface area contributed by atoms with Gasteiger partial charge in [-0.05, 0) is 34.9 Å². The van der Waals surface area contributed by atoms with E-state index in [1.165, 1.54) is 11.1 Å². The van der Waals surface area contributed by atoms with Crippen molar-refractivity contribution in [2.75, 3.05) is 0 Å². The summed E-state index contributed by atoms with van der Waals surface area (Å²) in [5, 5.41) is 10.2. The lowest BCUT2D eigenvalue weighted by Gasteiger charge is -2.27. The number of phenolic OH excluding ortho intramolecular Hbond substituents is 1. The average Bonchev–Trinajstić information content (AvgIpc) is 1.97. The topological polar surface area (TPSA) is 20.2 Å². The van der Waals surface area contributed by atoms with Gasteiger partial charge in [-0.1, -0.05) is 47.6 Å². The second kappa shape index (κ2) is 3.80. The van der Waals surface area contributed by atoms with Crippen molar-refractivity contribution in [3.8, 4) is 5.75 Å². The Morgan fingerprint density at radius 1 is 0.875 bits per heavy atom. The molecule has 0 saturated carbocycles. The maximum absolute atomic E-state index is 10.2. The number of hydrogen-bond donors (Lipinski definition) is 1. The van der Waals surface area contributed by atoms with Crippen LogP contribution in [0.2, 0.25) is 0 Å². The van der Waals surface area contributed by atoms with Gasteiger partial charge in [-0.2, -0.15) is 0 Å². The molecule has 1 nitrogen and oxygen atoms in total. The SMILES string of the molecule is Cc1cc(C(C)(C)C)cc(O)c1C(C)(C)C. The number of aromatic hydroxyl groups is 1. The van der Waals surface area contributed by atoms with Gasteiger partial charge in [0.15, 0.2) is 0 Å². The zero-order valence-electron chi connectivity index (χ0n) is 11.6. The third-order valence-corrected chi connectivity index (χ3v) is 2.93. The van der Waals surface area contributed by atoms with E-state index in [4.69, 9.17) is 0 Å². The standard InChI is InChI=1S/C15H24O/c1-10-8-11(14(2,3)4)9-12(16)13(10)15(5,6)7/h8-9,16H,1-7H3. The van der Waals surface area contributed by atoms with Crippen molar-refractivity contribution in [2.45, 2.75) is 59.3 Å². The molecule has 0 amide bonds. The number of aryl methyl sites for hydroxylation is 1. The van der Waals surface area contributed by atoms with Crippen LogP contribution in [0.4, 0.5) is 0 Å². The van der Waals surface area contributed by atoms with Gasteiger partial charge in [0.1, 0.15) is 5.75 Å². The zero-order valence-corrected chi connectivity index (χ0v) is 11.6. The Morgan fingerprint density at radius 2 is 1.38 bits per heavy atom. The maximum Gasteiger partial charge on any atom is 0.119 e. The van der Waals surface area contributed by atoms with Crippen molar-refractivity contribution < 1.29 is 5.11 Å². The lowest BCUT2D eigenvalue weighted by Crippen LogP contribution is -2.16. The quantitative estimate of drug-likeness (QED) is 0.691. The molecule has 1 aromatic carbocycles. The summed E-state index contributed by atoms with van der Waals surface area (Å²) in [4.78, 5) is 0. The van der Waals surface area contributed by atoms with E-state index in [0.29, 0.717) is 5.75 Å². The van der Waals surface area contributed by atoms with E-state index in [2.05, 4.69) is 54.5 Å². The molecule has 0 radical (unpaired) electrons. The molecule has 0 bridgehead atoms. The fourth-order valence-corrected chi connectivity index (χ4v) is 2.18. The van der Waals surface area contributed by atoms with E-state index in [1.54, 1.807) is 0 Å². The first-order valence-electron chi connectivity index (χ1n) is 5.88. The average molecular weight is 220 g/mol. The third-order valence-electron chi connectivity index (χ3n) is 2.93. The van der Waals surface area contributed by atoms with Crippen molar-refractivity contribution in [1.82, 2.24) is 0 Å². The van der Waals surface area contributed by atoms with Crippen LogP contribution in [0.5, 0.6) is 5.75 Å².